The molecular formula is C27H37FN2O7. The maximum absolute atomic E-state index is 14.5. The summed E-state index contributed by atoms with van der Waals surface area (Å²) in [5.41, 5.74) is 1.29. The van der Waals surface area contributed by atoms with E-state index < -0.39 is 18.5 Å². The number of benzene rings is 2. The summed E-state index contributed by atoms with van der Waals surface area (Å²) in [6.45, 7) is 5.99. The van der Waals surface area contributed by atoms with Crippen LogP contribution in [-0.2, 0) is 6.54 Å². The van der Waals surface area contributed by atoms with Gasteiger partial charge in [-0.05, 0) is 56.5 Å². The molecule has 1 aliphatic heterocycles. The molecule has 0 aliphatic carbocycles. The van der Waals surface area contributed by atoms with Gasteiger partial charge in [-0.3, -0.25) is 9.69 Å². The Morgan fingerprint density at radius 2 is 1.68 bits per heavy atom. The number of carbonyl (C=O) groups is 1. The number of aliphatic hydroxyl groups is 2. The van der Waals surface area contributed by atoms with Gasteiger partial charge < -0.3 is 34.5 Å². The fourth-order valence-corrected chi connectivity index (χ4v) is 4.15. The molecule has 2 aromatic carbocycles. The number of likely N-dealkylation sites (tertiary alicyclic amines) is 1. The number of amides is 1. The van der Waals surface area contributed by atoms with Gasteiger partial charge in [-0.1, -0.05) is 0 Å². The molecule has 37 heavy (non-hydrogen) atoms. The highest BCUT2D eigenvalue weighted by molar-refractivity contribution is 5.95. The summed E-state index contributed by atoms with van der Waals surface area (Å²) in [6.07, 6.45) is 0.513. The number of aliphatic hydroxyl groups excluding tert-OH is 2. The van der Waals surface area contributed by atoms with Crippen molar-refractivity contribution in [1.82, 2.24) is 10.2 Å². The van der Waals surface area contributed by atoms with Crippen LogP contribution in [0, 0.1) is 5.82 Å². The number of nitrogens with zero attached hydrogens (tertiary/aromatic N) is 1. The van der Waals surface area contributed by atoms with Gasteiger partial charge in [-0.15, -0.1) is 0 Å². The average molecular weight is 521 g/mol. The van der Waals surface area contributed by atoms with Crippen molar-refractivity contribution in [2.45, 2.75) is 45.4 Å². The number of rotatable bonds is 13. The summed E-state index contributed by atoms with van der Waals surface area (Å²) >= 11 is 0. The summed E-state index contributed by atoms with van der Waals surface area (Å²) in [5, 5.41) is 21.6. The third-order valence-electron chi connectivity index (χ3n) is 6.03. The summed E-state index contributed by atoms with van der Waals surface area (Å²) < 4.78 is 36.2. The molecule has 1 atom stereocenters. The van der Waals surface area contributed by atoms with Crippen molar-refractivity contribution >= 4 is 5.91 Å². The Morgan fingerprint density at radius 1 is 1.05 bits per heavy atom. The SMILES string of the molecule is CCOc1cc(CN2CCC(NC(=O)c3cc(OC)cc(OCC(O)CO)c3)CC2)cc(OCC)c1F. The second-order valence-corrected chi connectivity index (χ2v) is 8.84. The molecule has 3 N–H and O–H groups in total. The molecule has 3 rings (SSSR count). The minimum atomic E-state index is -1.01. The minimum absolute atomic E-state index is 0.00159. The quantitative estimate of drug-likeness (QED) is 0.370. The average Bonchev–Trinajstić information content (AvgIpc) is 2.91. The summed E-state index contributed by atoms with van der Waals surface area (Å²) in [7, 11) is 1.49. The summed E-state index contributed by atoms with van der Waals surface area (Å²) in [4.78, 5) is 15.2. The van der Waals surface area contributed by atoms with Gasteiger partial charge >= 0.3 is 0 Å². The first-order chi connectivity index (χ1) is 17.9. The van der Waals surface area contributed by atoms with E-state index in [1.54, 1.807) is 30.3 Å². The Hall–Kier alpha value is -3.08. The fraction of sp³-hybridized carbons (Fsp3) is 0.519. The van der Waals surface area contributed by atoms with Crippen molar-refractivity contribution in [1.29, 1.82) is 0 Å². The predicted octanol–water partition coefficient (Wildman–Crippen LogP) is 2.76. The largest absolute Gasteiger partial charge is 0.497 e. The van der Waals surface area contributed by atoms with Crippen LogP contribution in [0.5, 0.6) is 23.0 Å². The molecule has 0 aromatic heterocycles. The molecule has 10 heteroatoms. The lowest BCUT2D eigenvalue weighted by atomic mass is 10.0. The van der Waals surface area contributed by atoms with E-state index in [1.807, 2.05) is 13.8 Å². The monoisotopic (exact) mass is 520 g/mol. The molecule has 1 unspecified atom stereocenters. The lowest BCUT2D eigenvalue weighted by Gasteiger charge is -2.32. The molecule has 1 heterocycles. The van der Waals surface area contributed by atoms with Gasteiger partial charge in [0.1, 0.15) is 24.2 Å². The van der Waals surface area contributed by atoms with Gasteiger partial charge in [0.2, 0.25) is 5.82 Å². The molecule has 2 aromatic rings. The van der Waals surface area contributed by atoms with E-state index in [4.69, 9.17) is 24.1 Å². The Morgan fingerprint density at radius 3 is 2.24 bits per heavy atom. The third kappa shape index (κ3) is 8.21. The summed E-state index contributed by atoms with van der Waals surface area (Å²) in [6, 6.07) is 8.26. The Kier molecular flexibility index (Phi) is 10.8. The van der Waals surface area contributed by atoms with Crippen LogP contribution in [0.2, 0.25) is 0 Å². The molecule has 0 radical (unpaired) electrons. The van der Waals surface area contributed by atoms with E-state index >= 15 is 0 Å². The van der Waals surface area contributed by atoms with Crippen LogP contribution in [0.3, 0.4) is 0 Å². The van der Waals surface area contributed by atoms with Gasteiger partial charge in [0.05, 0.1) is 26.9 Å². The van der Waals surface area contributed by atoms with E-state index in [9.17, 15) is 14.3 Å². The van der Waals surface area contributed by atoms with E-state index in [0.29, 0.717) is 36.8 Å². The van der Waals surface area contributed by atoms with E-state index in [0.717, 1.165) is 31.5 Å². The molecular weight excluding hydrogens is 483 g/mol. The summed E-state index contributed by atoms with van der Waals surface area (Å²) in [5.74, 6) is 0.476. The van der Waals surface area contributed by atoms with E-state index in [2.05, 4.69) is 10.2 Å². The number of halogens is 1. The number of nitrogens with one attached hydrogen (secondary N) is 1. The maximum Gasteiger partial charge on any atom is 0.251 e. The Labute approximate surface area is 217 Å². The molecule has 1 amide bonds. The zero-order chi connectivity index (χ0) is 26.8. The Bertz CT molecular complexity index is 1000. The fourth-order valence-electron chi connectivity index (χ4n) is 4.15. The van der Waals surface area contributed by atoms with Crippen LogP contribution in [-0.4, -0.2) is 79.8 Å². The second kappa shape index (κ2) is 14.0. The van der Waals surface area contributed by atoms with Crippen molar-refractivity contribution in [3.8, 4) is 23.0 Å². The second-order valence-electron chi connectivity index (χ2n) is 8.84. The van der Waals surface area contributed by atoms with Crippen molar-refractivity contribution in [2.75, 3.05) is 46.6 Å². The normalized spacial score (nSPS) is 15.2. The predicted molar refractivity (Wildman–Crippen MR) is 136 cm³/mol. The number of methoxy groups -OCH3 is 1. The first kappa shape index (κ1) is 28.5. The molecule has 1 aliphatic rings. The van der Waals surface area contributed by atoms with Crippen LogP contribution in [0.25, 0.3) is 0 Å². The van der Waals surface area contributed by atoms with Crippen LogP contribution >= 0.6 is 0 Å². The van der Waals surface area contributed by atoms with Crippen molar-refractivity contribution in [2.24, 2.45) is 0 Å². The third-order valence-corrected chi connectivity index (χ3v) is 6.03. The highest BCUT2D eigenvalue weighted by Crippen LogP contribution is 2.30. The molecule has 0 saturated carbocycles. The number of ether oxygens (including phenoxy) is 4. The van der Waals surface area contributed by atoms with Crippen LogP contribution < -0.4 is 24.3 Å². The minimum Gasteiger partial charge on any atom is -0.497 e. The zero-order valence-corrected chi connectivity index (χ0v) is 21.7. The first-order valence-corrected chi connectivity index (χ1v) is 12.6. The van der Waals surface area contributed by atoms with E-state index in [-0.39, 0.29) is 30.1 Å². The molecule has 0 bridgehead atoms. The van der Waals surface area contributed by atoms with Crippen LogP contribution in [0.1, 0.15) is 42.6 Å². The number of hydrogen-bond donors (Lipinski definition) is 3. The van der Waals surface area contributed by atoms with Gasteiger partial charge in [-0.25, -0.2) is 0 Å². The molecule has 1 fully saturated rings. The molecule has 204 valence electrons. The lowest BCUT2D eigenvalue weighted by molar-refractivity contribution is 0.0535. The highest BCUT2D eigenvalue weighted by Gasteiger charge is 2.23. The standard InChI is InChI=1S/C27H37FN2O7/c1-4-35-24-10-18(11-25(26(24)28)36-5-2)15-30-8-6-20(7-9-30)29-27(33)19-12-22(34-3)14-23(13-19)37-17-21(32)16-31/h10-14,20-21,31-32H,4-9,15-17H2,1-3H3,(H,29,33). The molecule has 1 saturated heterocycles. The van der Waals surface area contributed by atoms with Crippen molar-refractivity contribution in [3.63, 3.8) is 0 Å². The topological polar surface area (TPSA) is 110 Å². The molecule has 0 spiro atoms. The van der Waals surface area contributed by atoms with Gasteiger partial charge in [0, 0.05) is 37.3 Å². The lowest BCUT2D eigenvalue weighted by Crippen LogP contribution is -2.44. The first-order valence-electron chi connectivity index (χ1n) is 12.6. The maximum atomic E-state index is 14.5. The van der Waals surface area contributed by atoms with Gasteiger partial charge in [0.25, 0.3) is 5.91 Å². The zero-order valence-electron chi connectivity index (χ0n) is 21.7. The van der Waals surface area contributed by atoms with Gasteiger partial charge in [-0.2, -0.15) is 4.39 Å². The van der Waals surface area contributed by atoms with E-state index in [1.165, 1.54) is 7.11 Å². The highest BCUT2D eigenvalue weighted by atomic mass is 19.1. The number of hydrogen-bond acceptors (Lipinski definition) is 8. The Balaban J connectivity index is 1.58. The van der Waals surface area contributed by atoms with Crippen LogP contribution in [0.4, 0.5) is 4.39 Å². The number of carbonyl (C=O) groups excluding carboxylic acids is 1. The van der Waals surface area contributed by atoms with Gasteiger partial charge in [0.15, 0.2) is 11.5 Å². The van der Waals surface area contributed by atoms with Crippen molar-refractivity contribution in [3.05, 3.63) is 47.3 Å². The van der Waals surface area contributed by atoms with Crippen LogP contribution in [0.15, 0.2) is 30.3 Å². The smallest absolute Gasteiger partial charge is 0.251 e. The van der Waals surface area contributed by atoms with Crippen molar-refractivity contribution < 1.29 is 38.3 Å². The number of piperidine rings is 1. The molecule has 9 nitrogen and oxygen atoms in total.